The smallest absolute Gasteiger partial charge is 0.320 e. The third-order valence-corrected chi connectivity index (χ3v) is 5.77. The third-order valence-electron chi connectivity index (χ3n) is 5.10. The Morgan fingerprint density at radius 1 is 1.06 bits per heavy atom. The second-order valence-corrected chi connectivity index (χ2v) is 9.44. The van der Waals surface area contributed by atoms with Gasteiger partial charge in [0.15, 0.2) is 5.13 Å². The number of carbonyl (C=O) groups is 2. The quantitative estimate of drug-likeness (QED) is 0.569. The predicted octanol–water partition coefficient (Wildman–Crippen LogP) is 4.68. The van der Waals surface area contributed by atoms with Crippen LogP contribution in [0.15, 0.2) is 60.0 Å². The van der Waals surface area contributed by atoms with Crippen LogP contribution in [0.5, 0.6) is 0 Å². The molecule has 0 spiro atoms. The number of benzene rings is 2. The van der Waals surface area contributed by atoms with Gasteiger partial charge in [-0.3, -0.25) is 4.79 Å². The van der Waals surface area contributed by atoms with Crippen LogP contribution in [0, 0.1) is 0 Å². The molecule has 0 aliphatic heterocycles. The highest BCUT2D eigenvalue weighted by atomic mass is 32.1. The van der Waals surface area contributed by atoms with Gasteiger partial charge >= 0.3 is 6.03 Å². The normalized spacial score (nSPS) is 11.1. The Morgan fingerprint density at radius 2 is 1.72 bits per heavy atom. The fraction of sp³-hybridized carbons (Fsp3) is 0.292. The molecular formula is C24H29N5O2S. The van der Waals surface area contributed by atoms with E-state index >= 15 is 0 Å². The molecule has 3 N–H and O–H groups in total. The second-order valence-electron chi connectivity index (χ2n) is 8.55. The Kier molecular flexibility index (Phi) is 7.15. The van der Waals surface area contributed by atoms with Crippen LogP contribution in [0.25, 0.3) is 11.3 Å². The predicted molar refractivity (Wildman–Crippen MR) is 130 cm³/mol. The highest BCUT2D eigenvalue weighted by molar-refractivity contribution is 7.13. The second kappa shape index (κ2) is 9.82. The van der Waals surface area contributed by atoms with Gasteiger partial charge in [0.25, 0.3) is 0 Å². The van der Waals surface area contributed by atoms with E-state index in [1.54, 1.807) is 16.8 Å². The lowest BCUT2D eigenvalue weighted by molar-refractivity contribution is -0.117. The minimum Gasteiger partial charge on any atom is -0.375 e. The van der Waals surface area contributed by atoms with Crippen molar-refractivity contribution in [2.45, 2.75) is 32.9 Å². The van der Waals surface area contributed by atoms with Gasteiger partial charge in [-0.25, -0.2) is 9.78 Å². The first-order chi connectivity index (χ1) is 15.1. The van der Waals surface area contributed by atoms with Crippen molar-refractivity contribution >= 4 is 34.1 Å². The molecule has 8 heteroatoms. The van der Waals surface area contributed by atoms with Crippen LogP contribution >= 0.6 is 11.3 Å². The lowest BCUT2D eigenvalue weighted by Crippen LogP contribution is -2.51. The average molecular weight is 452 g/mol. The molecule has 0 aliphatic carbocycles. The van der Waals surface area contributed by atoms with Crippen LogP contribution in [-0.2, 0) is 11.3 Å². The number of amides is 3. The van der Waals surface area contributed by atoms with Crippen LogP contribution in [0.4, 0.5) is 15.6 Å². The number of carbonyl (C=O) groups excluding carboxylic acids is 2. The Hall–Kier alpha value is -3.39. The van der Waals surface area contributed by atoms with Gasteiger partial charge in [0.05, 0.1) is 5.69 Å². The van der Waals surface area contributed by atoms with Gasteiger partial charge in [-0.05, 0) is 38.5 Å². The molecule has 0 atom stereocenters. The van der Waals surface area contributed by atoms with Gasteiger partial charge < -0.3 is 20.9 Å². The number of urea groups is 1. The number of anilines is 2. The van der Waals surface area contributed by atoms with E-state index in [1.165, 1.54) is 11.3 Å². The van der Waals surface area contributed by atoms with Crippen molar-refractivity contribution in [3.05, 3.63) is 65.5 Å². The molecule has 7 nitrogen and oxygen atoms in total. The third kappa shape index (κ3) is 6.07. The minimum atomic E-state index is -0.364. The summed E-state index contributed by atoms with van der Waals surface area (Å²) < 4.78 is 0. The Morgan fingerprint density at radius 3 is 2.28 bits per heavy atom. The topological polar surface area (TPSA) is 91.6 Å². The summed E-state index contributed by atoms with van der Waals surface area (Å²) in [5.74, 6) is -0.262. The lowest BCUT2D eigenvalue weighted by Gasteiger charge is -2.36. The zero-order valence-corrected chi connectivity index (χ0v) is 19.6. The Labute approximate surface area is 192 Å². The number of nitrogen functional groups attached to an aromatic ring is 1. The molecule has 0 saturated heterocycles. The molecule has 32 heavy (non-hydrogen) atoms. The van der Waals surface area contributed by atoms with Crippen molar-refractivity contribution in [2.75, 3.05) is 24.6 Å². The fourth-order valence-corrected chi connectivity index (χ4v) is 3.58. The number of nitrogens with two attached hydrogens (primary N) is 1. The summed E-state index contributed by atoms with van der Waals surface area (Å²) >= 11 is 1.38. The van der Waals surface area contributed by atoms with Gasteiger partial charge in [-0.1, -0.05) is 42.5 Å². The van der Waals surface area contributed by atoms with E-state index in [9.17, 15) is 9.59 Å². The van der Waals surface area contributed by atoms with E-state index in [4.69, 9.17) is 5.73 Å². The van der Waals surface area contributed by atoms with E-state index in [-0.39, 0.29) is 24.0 Å². The monoisotopic (exact) mass is 451 g/mol. The van der Waals surface area contributed by atoms with Crippen molar-refractivity contribution in [3.63, 3.8) is 0 Å². The summed E-state index contributed by atoms with van der Waals surface area (Å²) in [5, 5.41) is 5.29. The summed E-state index contributed by atoms with van der Waals surface area (Å²) in [6.45, 7) is 6.17. The van der Waals surface area contributed by atoms with Crippen molar-refractivity contribution in [2.24, 2.45) is 0 Å². The lowest BCUT2D eigenvalue weighted by atomic mass is 10.1. The molecule has 0 unspecified atom stereocenters. The van der Waals surface area contributed by atoms with Crippen molar-refractivity contribution < 1.29 is 9.59 Å². The molecule has 3 amide bonds. The number of hydrogen-bond acceptors (Lipinski definition) is 5. The van der Waals surface area contributed by atoms with E-state index in [2.05, 4.69) is 10.3 Å². The number of hydrogen-bond donors (Lipinski definition) is 2. The first-order valence-electron chi connectivity index (χ1n) is 10.3. The molecule has 0 fully saturated rings. The molecule has 2 aromatic carbocycles. The number of nitrogens with one attached hydrogen (secondary N) is 1. The van der Waals surface area contributed by atoms with Gasteiger partial charge in [-0.2, -0.15) is 0 Å². The molecule has 0 aliphatic rings. The van der Waals surface area contributed by atoms with Crippen LogP contribution in [0.2, 0.25) is 0 Å². The number of thiazole rings is 1. The maximum Gasteiger partial charge on any atom is 0.320 e. The molecule has 3 aromatic rings. The number of nitrogens with zero attached hydrogens (tertiary/aromatic N) is 3. The van der Waals surface area contributed by atoms with E-state index in [1.807, 2.05) is 80.7 Å². The van der Waals surface area contributed by atoms with Gasteiger partial charge in [0.1, 0.15) is 6.54 Å². The maximum atomic E-state index is 13.1. The zero-order chi connectivity index (χ0) is 23.3. The molecule has 1 aromatic heterocycles. The van der Waals surface area contributed by atoms with Crippen molar-refractivity contribution in [1.29, 1.82) is 0 Å². The molecule has 0 saturated carbocycles. The molecule has 0 bridgehead atoms. The van der Waals surface area contributed by atoms with Gasteiger partial charge in [0.2, 0.25) is 5.91 Å². The first kappa shape index (κ1) is 23.3. The van der Waals surface area contributed by atoms with Crippen molar-refractivity contribution in [1.82, 2.24) is 14.8 Å². The van der Waals surface area contributed by atoms with E-state index in [0.717, 1.165) is 16.8 Å². The minimum absolute atomic E-state index is 0.0570. The zero-order valence-electron chi connectivity index (χ0n) is 18.8. The average Bonchev–Trinajstić information content (AvgIpc) is 3.19. The molecule has 0 radical (unpaired) electrons. The van der Waals surface area contributed by atoms with Crippen LogP contribution in [-0.4, -0.2) is 45.9 Å². The number of aromatic nitrogens is 1. The van der Waals surface area contributed by atoms with Crippen LogP contribution in [0.3, 0.4) is 0 Å². The van der Waals surface area contributed by atoms with Gasteiger partial charge in [-0.15, -0.1) is 11.3 Å². The summed E-state index contributed by atoms with van der Waals surface area (Å²) in [6, 6.07) is 16.8. The standard InChI is InChI=1S/C24H29N5O2S/c1-24(2,3)28(4)23(31)29(14-17-8-6-5-7-9-17)15-21(30)26-19-12-10-18(11-13-19)20-16-32-22(25)27-20/h5-13,16H,14-15H2,1-4H3,(H2,25,27)(H,26,30). The molecule has 3 rings (SSSR count). The summed E-state index contributed by atoms with van der Waals surface area (Å²) in [5.41, 5.74) is 8.67. The first-order valence-corrected chi connectivity index (χ1v) is 11.2. The summed E-state index contributed by atoms with van der Waals surface area (Å²) in [6.07, 6.45) is 0. The van der Waals surface area contributed by atoms with E-state index in [0.29, 0.717) is 17.4 Å². The fourth-order valence-electron chi connectivity index (χ4n) is 3.01. The van der Waals surface area contributed by atoms with E-state index < -0.39 is 0 Å². The summed E-state index contributed by atoms with van der Waals surface area (Å²) in [4.78, 5) is 33.4. The highest BCUT2D eigenvalue weighted by Crippen LogP contribution is 2.24. The number of rotatable bonds is 6. The SMILES string of the molecule is CN(C(=O)N(CC(=O)Nc1ccc(-c2csc(N)n2)cc1)Cc1ccccc1)C(C)(C)C. The van der Waals surface area contributed by atoms with Crippen LogP contribution in [0.1, 0.15) is 26.3 Å². The van der Waals surface area contributed by atoms with Crippen LogP contribution < -0.4 is 11.1 Å². The van der Waals surface area contributed by atoms with Crippen molar-refractivity contribution in [3.8, 4) is 11.3 Å². The Balaban J connectivity index is 1.70. The molecule has 1 heterocycles. The largest absolute Gasteiger partial charge is 0.375 e. The highest BCUT2D eigenvalue weighted by Gasteiger charge is 2.28. The van der Waals surface area contributed by atoms with Gasteiger partial charge in [0, 0.05) is 35.8 Å². The summed E-state index contributed by atoms with van der Waals surface area (Å²) in [7, 11) is 1.75. The molecule has 168 valence electrons. The Bertz CT molecular complexity index is 1060. The maximum absolute atomic E-state index is 13.1. The molecular weight excluding hydrogens is 422 g/mol.